The van der Waals surface area contributed by atoms with Crippen LogP contribution in [0.3, 0.4) is 0 Å². The maximum atomic E-state index is 12.1. The van der Waals surface area contributed by atoms with Crippen molar-refractivity contribution in [1.82, 2.24) is 10.0 Å². The fourth-order valence-corrected chi connectivity index (χ4v) is 2.50. The minimum absolute atomic E-state index is 0.0303. The molecule has 0 fully saturated rings. The average molecular weight is 288 g/mol. The van der Waals surface area contributed by atoms with Crippen molar-refractivity contribution < 1.29 is 12.8 Å². The Balaban J connectivity index is 2.75. The Bertz CT molecular complexity index is 504. The summed E-state index contributed by atoms with van der Waals surface area (Å²) in [6.07, 6.45) is 0. The van der Waals surface area contributed by atoms with E-state index >= 15 is 0 Å². The van der Waals surface area contributed by atoms with E-state index in [0.29, 0.717) is 24.8 Å². The summed E-state index contributed by atoms with van der Waals surface area (Å²) in [5.41, 5.74) is -0.104. The van der Waals surface area contributed by atoms with Crippen LogP contribution in [0.4, 0.5) is 0 Å². The number of hydrogen-bond acceptors (Lipinski definition) is 4. The van der Waals surface area contributed by atoms with Gasteiger partial charge in [-0.15, -0.1) is 0 Å². The first-order chi connectivity index (χ1) is 8.69. The molecule has 0 aliphatic heterocycles. The minimum Gasteiger partial charge on any atom is -0.447 e. The van der Waals surface area contributed by atoms with E-state index in [2.05, 4.69) is 23.9 Å². The van der Waals surface area contributed by atoms with Crippen molar-refractivity contribution in [2.24, 2.45) is 11.3 Å². The van der Waals surface area contributed by atoms with Gasteiger partial charge in [0.05, 0.1) is 6.54 Å². The standard InChI is InChI=1S/C13H24N2O3S/c1-10(2)13(3,4)9-15-19(16,17)12-7-6-11(18-12)8-14-5/h6-7,10,14-15H,8-9H2,1-5H3. The second-order valence-corrected chi connectivity index (χ2v) is 7.42. The number of furan rings is 1. The molecular formula is C13H24N2O3S. The van der Waals surface area contributed by atoms with Gasteiger partial charge >= 0.3 is 0 Å². The van der Waals surface area contributed by atoms with Gasteiger partial charge in [-0.1, -0.05) is 27.7 Å². The summed E-state index contributed by atoms with van der Waals surface area (Å²) in [6, 6.07) is 3.15. The van der Waals surface area contributed by atoms with Gasteiger partial charge in [0.1, 0.15) is 5.76 Å². The highest BCUT2D eigenvalue weighted by Gasteiger charge is 2.26. The van der Waals surface area contributed by atoms with Gasteiger partial charge in [-0.3, -0.25) is 0 Å². The first-order valence-electron chi connectivity index (χ1n) is 6.42. The fraction of sp³-hybridized carbons (Fsp3) is 0.692. The van der Waals surface area contributed by atoms with Gasteiger partial charge in [0.25, 0.3) is 10.0 Å². The maximum absolute atomic E-state index is 12.1. The van der Waals surface area contributed by atoms with E-state index in [-0.39, 0.29) is 10.5 Å². The third kappa shape index (κ3) is 4.33. The second kappa shape index (κ2) is 6.07. The van der Waals surface area contributed by atoms with Crippen LogP contribution < -0.4 is 10.0 Å². The van der Waals surface area contributed by atoms with Crippen molar-refractivity contribution in [1.29, 1.82) is 0 Å². The summed E-state index contributed by atoms with van der Waals surface area (Å²) >= 11 is 0. The smallest absolute Gasteiger partial charge is 0.273 e. The van der Waals surface area contributed by atoms with Crippen molar-refractivity contribution in [2.75, 3.05) is 13.6 Å². The van der Waals surface area contributed by atoms with Crippen molar-refractivity contribution in [3.05, 3.63) is 17.9 Å². The predicted molar refractivity (Wildman–Crippen MR) is 75.3 cm³/mol. The van der Waals surface area contributed by atoms with E-state index in [1.807, 2.05) is 13.8 Å². The first-order valence-corrected chi connectivity index (χ1v) is 7.90. The molecule has 0 saturated heterocycles. The van der Waals surface area contributed by atoms with Crippen LogP contribution in [0.15, 0.2) is 21.6 Å². The molecule has 1 aromatic heterocycles. The molecule has 1 heterocycles. The lowest BCUT2D eigenvalue weighted by atomic mass is 9.81. The van der Waals surface area contributed by atoms with Gasteiger partial charge < -0.3 is 9.73 Å². The molecule has 0 atom stereocenters. The molecule has 0 bridgehead atoms. The Morgan fingerprint density at radius 2 is 1.95 bits per heavy atom. The van der Waals surface area contributed by atoms with Crippen LogP contribution in [0.2, 0.25) is 0 Å². The van der Waals surface area contributed by atoms with Gasteiger partial charge in [0.2, 0.25) is 5.09 Å². The predicted octanol–water partition coefficient (Wildman–Crippen LogP) is 1.96. The summed E-state index contributed by atoms with van der Waals surface area (Å²) in [5.74, 6) is 0.984. The third-order valence-corrected chi connectivity index (χ3v) is 4.81. The van der Waals surface area contributed by atoms with Crippen LogP contribution in [0.5, 0.6) is 0 Å². The second-order valence-electron chi connectivity index (χ2n) is 5.72. The minimum atomic E-state index is -3.57. The Labute approximate surface area is 115 Å². The van der Waals surface area contributed by atoms with Crippen LogP contribution in [-0.2, 0) is 16.6 Å². The van der Waals surface area contributed by atoms with Crippen LogP contribution in [0.25, 0.3) is 0 Å². The zero-order valence-electron chi connectivity index (χ0n) is 12.3. The summed E-state index contributed by atoms with van der Waals surface area (Å²) in [4.78, 5) is 0. The molecule has 6 heteroatoms. The molecule has 5 nitrogen and oxygen atoms in total. The molecule has 1 rings (SSSR count). The topological polar surface area (TPSA) is 71.3 Å². The lowest BCUT2D eigenvalue weighted by Crippen LogP contribution is -2.36. The van der Waals surface area contributed by atoms with Gasteiger partial charge in [-0.2, -0.15) is 0 Å². The molecule has 2 N–H and O–H groups in total. The van der Waals surface area contributed by atoms with E-state index in [4.69, 9.17) is 4.42 Å². The quantitative estimate of drug-likeness (QED) is 0.804. The summed E-state index contributed by atoms with van der Waals surface area (Å²) < 4.78 is 32.1. The lowest BCUT2D eigenvalue weighted by Gasteiger charge is -2.28. The molecule has 1 aromatic rings. The normalized spacial score (nSPS) is 13.2. The maximum Gasteiger partial charge on any atom is 0.273 e. The highest BCUT2D eigenvalue weighted by atomic mass is 32.2. The lowest BCUT2D eigenvalue weighted by molar-refractivity contribution is 0.251. The Morgan fingerprint density at radius 1 is 1.32 bits per heavy atom. The van der Waals surface area contributed by atoms with Gasteiger partial charge in [-0.25, -0.2) is 13.1 Å². The van der Waals surface area contributed by atoms with Crippen molar-refractivity contribution in [3.63, 3.8) is 0 Å². The molecule has 0 aliphatic rings. The number of hydrogen-bond donors (Lipinski definition) is 2. The Morgan fingerprint density at radius 3 is 2.47 bits per heavy atom. The molecule has 0 aliphatic carbocycles. The molecule has 110 valence electrons. The van der Waals surface area contributed by atoms with Gasteiger partial charge in [-0.05, 0) is 30.5 Å². The van der Waals surface area contributed by atoms with E-state index in [0.717, 1.165) is 0 Å². The zero-order chi connectivity index (χ0) is 14.7. The fourth-order valence-electron chi connectivity index (χ4n) is 1.33. The Hall–Kier alpha value is -0.850. The molecule has 0 radical (unpaired) electrons. The van der Waals surface area contributed by atoms with Crippen molar-refractivity contribution in [3.8, 4) is 0 Å². The Kier molecular flexibility index (Phi) is 5.18. The van der Waals surface area contributed by atoms with Gasteiger partial charge in [0.15, 0.2) is 0 Å². The SMILES string of the molecule is CNCc1ccc(S(=O)(=O)NCC(C)(C)C(C)C)o1. The molecule has 19 heavy (non-hydrogen) atoms. The van der Waals surface area contributed by atoms with Crippen molar-refractivity contribution >= 4 is 10.0 Å². The van der Waals surface area contributed by atoms with Crippen molar-refractivity contribution in [2.45, 2.75) is 39.3 Å². The van der Waals surface area contributed by atoms with E-state index in [9.17, 15) is 8.42 Å². The van der Waals surface area contributed by atoms with E-state index in [1.54, 1.807) is 13.1 Å². The first kappa shape index (κ1) is 16.2. The molecule has 0 amide bonds. The largest absolute Gasteiger partial charge is 0.447 e. The van der Waals surface area contributed by atoms with E-state index < -0.39 is 10.0 Å². The third-order valence-electron chi connectivity index (χ3n) is 3.53. The zero-order valence-corrected chi connectivity index (χ0v) is 13.1. The van der Waals surface area contributed by atoms with Crippen LogP contribution in [-0.4, -0.2) is 22.0 Å². The molecule has 0 spiro atoms. The molecule has 0 unspecified atom stereocenters. The monoisotopic (exact) mass is 288 g/mol. The summed E-state index contributed by atoms with van der Waals surface area (Å²) in [6.45, 7) is 9.12. The summed E-state index contributed by atoms with van der Waals surface area (Å²) in [7, 11) is -1.79. The van der Waals surface area contributed by atoms with Gasteiger partial charge in [0, 0.05) is 6.54 Å². The molecular weight excluding hydrogens is 264 g/mol. The molecule has 0 aromatic carbocycles. The van der Waals surface area contributed by atoms with Crippen LogP contribution in [0.1, 0.15) is 33.5 Å². The van der Waals surface area contributed by atoms with E-state index in [1.165, 1.54) is 6.07 Å². The highest BCUT2D eigenvalue weighted by Crippen LogP contribution is 2.25. The molecule has 0 saturated carbocycles. The average Bonchev–Trinajstić information content (AvgIpc) is 2.76. The highest BCUT2D eigenvalue weighted by molar-refractivity contribution is 7.89. The number of rotatable bonds is 7. The number of sulfonamides is 1. The van der Waals surface area contributed by atoms with Crippen LogP contribution in [0, 0.1) is 11.3 Å². The van der Waals surface area contributed by atoms with Crippen LogP contribution >= 0.6 is 0 Å². The summed E-state index contributed by atoms with van der Waals surface area (Å²) in [5, 5.41) is 2.88. The number of nitrogens with one attached hydrogen (secondary N) is 2.